The van der Waals surface area contributed by atoms with Gasteiger partial charge in [0.2, 0.25) is 0 Å². The second-order valence-electron chi connectivity index (χ2n) is 5.68. The highest BCUT2D eigenvalue weighted by molar-refractivity contribution is 5.61. The molecular formula is C15H22N2O. The molecule has 0 aromatic heterocycles. The number of likely N-dealkylation sites (tertiary alicyclic amines) is 1. The van der Waals surface area contributed by atoms with Crippen molar-refractivity contribution in [3.63, 3.8) is 0 Å². The normalized spacial score (nSPS) is 19.5. The summed E-state index contributed by atoms with van der Waals surface area (Å²) in [6.07, 6.45) is 1.09. The van der Waals surface area contributed by atoms with Gasteiger partial charge in [0, 0.05) is 42.8 Å². The van der Waals surface area contributed by atoms with Crippen LogP contribution in [0, 0.1) is 5.92 Å². The van der Waals surface area contributed by atoms with Gasteiger partial charge in [0.25, 0.3) is 0 Å². The largest absolute Gasteiger partial charge is 0.493 e. The van der Waals surface area contributed by atoms with Crippen molar-refractivity contribution >= 4 is 5.69 Å². The summed E-state index contributed by atoms with van der Waals surface area (Å²) < 4.78 is 6.01. The van der Waals surface area contributed by atoms with Gasteiger partial charge in [-0.1, -0.05) is 6.07 Å². The van der Waals surface area contributed by atoms with Crippen molar-refractivity contribution in [3.8, 4) is 5.75 Å². The first kappa shape index (κ1) is 11.8. The van der Waals surface area contributed by atoms with Crippen LogP contribution in [0.5, 0.6) is 5.75 Å². The van der Waals surface area contributed by atoms with Gasteiger partial charge >= 0.3 is 0 Å². The van der Waals surface area contributed by atoms with Gasteiger partial charge < -0.3 is 15.0 Å². The maximum absolute atomic E-state index is 6.01. The monoisotopic (exact) mass is 246 g/mol. The van der Waals surface area contributed by atoms with Crippen LogP contribution in [0.2, 0.25) is 0 Å². The van der Waals surface area contributed by atoms with Gasteiger partial charge in [-0.2, -0.15) is 0 Å². The maximum Gasteiger partial charge on any atom is 0.124 e. The number of benzene rings is 1. The SMILES string of the molecule is CC(C)N1CC(COc2cccc3c2CCN3)C1. The van der Waals surface area contributed by atoms with Gasteiger partial charge in [0.15, 0.2) is 0 Å². The fourth-order valence-corrected chi connectivity index (χ4v) is 2.79. The Morgan fingerprint density at radius 1 is 1.39 bits per heavy atom. The zero-order chi connectivity index (χ0) is 12.5. The topological polar surface area (TPSA) is 24.5 Å². The number of nitrogens with one attached hydrogen (secondary N) is 1. The Morgan fingerprint density at radius 3 is 3.00 bits per heavy atom. The fraction of sp³-hybridized carbons (Fsp3) is 0.600. The zero-order valence-electron chi connectivity index (χ0n) is 11.3. The second-order valence-corrected chi connectivity index (χ2v) is 5.68. The predicted molar refractivity (Wildman–Crippen MR) is 74.3 cm³/mol. The smallest absolute Gasteiger partial charge is 0.124 e. The molecule has 2 aliphatic rings. The molecule has 1 saturated heterocycles. The zero-order valence-corrected chi connectivity index (χ0v) is 11.3. The number of hydrogen-bond acceptors (Lipinski definition) is 3. The Hall–Kier alpha value is -1.22. The van der Waals surface area contributed by atoms with E-state index in [0.717, 1.165) is 25.3 Å². The van der Waals surface area contributed by atoms with Crippen molar-refractivity contribution in [1.29, 1.82) is 0 Å². The van der Waals surface area contributed by atoms with Crippen LogP contribution >= 0.6 is 0 Å². The second kappa shape index (κ2) is 4.81. The molecule has 0 spiro atoms. The molecule has 0 bridgehead atoms. The molecule has 3 rings (SSSR count). The molecule has 2 aliphatic heterocycles. The van der Waals surface area contributed by atoms with Crippen LogP contribution < -0.4 is 10.1 Å². The summed E-state index contributed by atoms with van der Waals surface area (Å²) >= 11 is 0. The Bertz CT molecular complexity index is 425. The first-order valence-electron chi connectivity index (χ1n) is 6.96. The Labute approximate surface area is 109 Å². The summed E-state index contributed by atoms with van der Waals surface area (Å²) in [7, 11) is 0. The highest BCUT2D eigenvalue weighted by Crippen LogP contribution is 2.31. The van der Waals surface area contributed by atoms with Gasteiger partial charge in [-0.05, 0) is 32.4 Å². The minimum atomic E-state index is 0.673. The van der Waals surface area contributed by atoms with Gasteiger partial charge in [0.1, 0.15) is 5.75 Å². The lowest BCUT2D eigenvalue weighted by atomic mass is 9.99. The Kier molecular flexibility index (Phi) is 3.16. The molecule has 0 unspecified atom stereocenters. The van der Waals surface area contributed by atoms with Crippen LogP contribution in [0.15, 0.2) is 18.2 Å². The molecule has 98 valence electrons. The van der Waals surface area contributed by atoms with Crippen molar-refractivity contribution in [3.05, 3.63) is 23.8 Å². The highest BCUT2D eigenvalue weighted by Gasteiger charge is 2.29. The quantitative estimate of drug-likeness (QED) is 0.882. The van der Waals surface area contributed by atoms with Crippen LogP contribution in [-0.2, 0) is 6.42 Å². The lowest BCUT2D eigenvalue weighted by Gasteiger charge is -2.41. The van der Waals surface area contributed by atoms with Crippen molar-refractivity contribution in [2.24, 2.45) is 5.92 Å². The molecule has 3 nitrogen and oxygen atoms in total. The van der Waals surface area contributed by atoms with Crippen LogP contribution in [0.25, 0.3) is 0 Å². The number of rotatable bonds is 4. The van der Waals surface area contributed by atoms with Gasteiger partial charge in [0.05, 0.1) is 6.61 Å². The minimum absolute atomic E-state index is 0.673. The summed E-state index contributed by atoms with van der Waals surface area (Å²) in [5.74, 6) is 1.79. The molecule has 1 aromatic rings. The Balaban J connectivity index is 1.54. The van der Waals surface area contributed by atoms with E-state index in [1.165, 1.54) is 24.3 Å². The van der Waals surface area contributed by atoms with E-state index in [1.54, 1.807) is 0 Å². The van der Waals surface area contributed by atoms with E-state index in [0.29, 0.717) is 12.0 Å². The standard InChI is InChI=1S/C15H22N2O/c1-11(2)17-8-12(9-17)10-18-15-5-3-4-14-13(15)6-7-16-14/h3-5,11-12,16H,6-10H2,1-2H3. The van der Waals surface area contributed by atoms with Crippen molar-refractivity contribution in [2.45, 2.75) is 26.3 Å². The van der Waals surface area contributed by atoms with Crippen molar-refractivity contribution in [2.75, 3.05) is 31.6 Å². The van der Waals surface area contributed by atoms with E-state index in [-0.39, 0.29) is 0 Å². The molecule has 1 N–H and O–H groups in total. The van der Waals surface area contributed by atoms with Crippen LogP contribution in [-0.4, -0.2) is 37.2 Å². The molecule has 0 aliphatic carbocycles. The number of hydrogen-bond donors (Lipinski definition) is 1. The van der Waals surface area contributed by atoms with Gasteiger partial charge in [-0.15, -0.1) is 0 Å². The Morgan fingerprint density at radius 2 is 2.22 bits per heavy atom. The predicted octanol–water partition coefficient (Wildman–Crippen LogP) is 2.37. The molecule has 0 amide bonds. The number of anilines is 1. The van der Waals surface area contributed by atoms with Crippen LogP contribution in [0.3, 0.4) is 0 Å². The first-order valence-corrected chi connectivity index (χ1v) is 6.96. The van der Waals surface area contributed by atoms with Gasteiger partial charge in [-0.3, -0.25) is 0 Å². The summed E-state index contributed by atoms with van der Waals surface area (Å²) in [6.45, 7) is 8.79. The third-order valence-corrected chi connectivity index (χ3v) is 4.01. The summed E-state index contributed by atoms with van der Waals surface area (Å²) in [5.41, 5.74) is 2.61. The van der Waals surface area contributed by atoms with E-state index in [9.17, 15) is 0 Å². The average Bonchev–Trinajstić information content (AvgIpc) is 2.75. The molecule has 3 heteroatoms. The maximum atomic E-state index is 6.01. The lowest BCUT2D eigenvalue weighted by Crippen LogP contribution is -2.52. The lowest BCUT2D eigenvalue weighted by molar-refractivity contribution is 0.0373. The van der Waals surface area contributed by atoms with Crippen molar-refractivity contribution in [1.82, 2.24) is 4.90 Å². The minimum Gasteiger partial charge on any atom is -0.493 e. The summed E-state index contributed by atoms with van der Waals surface area (Å²) in [4.78, 5) is 2.49. The number of ether oxygens (including phenoxy) is 1. The van der Waals surface area contributed by atoms with E-state index in [1.807, 2.05) is 0 Å². The molecule has 0 radical (unpaired) electrons. The molecule has 0 atom stereocenters. The third-order valence-electron chi connectivity index (χ3n) is 4.01. The first-order chi connectivity index (χ1) is 8.74. The fourth-order valence-electron chi connectivity index (χ4n) is 2.79. The van der Waals surface area contributed by atoms with E-state index < -0.39 is 0 Å². The summed E-state index contributed by atoms with van der Waals surface area (Å²) in [5, 5.41) is 3.39. The molecule has 1 fully saturated rings. The van der Waals surface area contributed by atoms with E-state index >= 15 is 0 Å². The molecule has 0 saturated carbocycles. The molecular weight excluding hydrogens is 224 g/mol. The molecule has 18 heavy (non-hydrogen) atoms. The molecule has 1 aromatic carbocycles. The highest BCUT2D eigenvalue weighted by atomic mass is 16.5. The van der Waals surface area contributed by atoms with Crippen molar-refractivity contribution < 1.29 is 4.74 Å². The number of nitrogens with zero attached hydrogens (tertiary/aromatic N) is 1. The number of fused-ring (bicyclic) bond motifs is 1. The van der Waals surface area contributed by atoms with Crippen LogP contribution in [0.1, 0.15) is 19.4 Å². The van der Waals surface area contributed by atoms with E-state index in [2.05, 4.69) is 42.3 Å². The third kappa shape index (κ3) is 2.19. The van der Waals surface area contributed by atoms with Crippen LogP contribution in [0.4, 0.5) is 5.69 Å². The molecule has 2 heterocycles. The summed E-state index contributed by atoms with van der Waals surface area (Å²) in [6, 6.07) is 6.99. The average molecular weight is 246 g/mol. The van der Waals surface area contributed by atoms with Gasteiger partial charge in [-0.25, -0.2) is 0 Å². The van der Waals surface area contributed by atoms with E-state index in [4.69, 9.17) is 4.74 Å².